The number of fused-ring (bicyclic) bond motifs is 3. The average molecular weight is 508 g/mol. The molecule has 1 aliphatic rings. The van der Waals surface area contributed by atoms with E-state index in [0.717, 1.165) is 78.5 Å². The second kappa shape index (κ2) is 10.3. The Morgan fingerprint density at radius 1 is 1.14 bits per heavy atom. The second-order valence-corrected chi connectivity index (χ2v) is 9.77. The highest BCUT2D eigenvalue weighted by Gasteiger charge is 2.24. The van der Waals surface area contributed by atoms with Crippen LogP contribution >= 0.6 is 11.3 Å². The summed E-state index contributed by atoms with van der Waals surface area (Å²) in [5, 5.41) is 2.54. The van der Waals surface area contributed by atoms with Gasteiger partial charge in [-0.05, 0) is 67.7 Å². The van der Waals surface area contributed by atoms with Gasteiger partial charge in [-0.1, -0.05) is 26.0 Å². The normalized spacial score (nSPS) is 12.8. The quantitative estimate of drug-likeness (QED) is 0.341. The first-order valence-corrected chi connectivity index (χ1v) is 12.9. The Morgan fingerprint density at radius 3 is 2.67 bits per heavy atom. The molecular formula is C27H27F2N5OS. The van der Waals surface area contributed by atoms with Crippen LogP contribution in [0, 0.1) is 11.6 Å². The molecule has 1 N–H and O–H groups in total. The first kappa shape index (κ1) is 24.3. The number of nitrogens with zero attached hydrogens (tertiary/aromatic N) is 4. The van der Waals surface area contributed by atoms with Gasteiger partial charge < -0.3 is 9.88 Å². The molecule has 0 bridgehead atoms. The first-order chi connectivity index (χ1) is 17.5. The zero-order valence-electron chi connectivity index (χ0n) is 20.2. The van der Waals surface area contributed by atoms with Crippen molar-refractivity contribution >= 4 is 22.9 Å². The van der Waals surface area contributed by atoms with Crippen LogP contribution in [0.3, 0.4) is 0 Å². The summed E-state index contributed by atoms with van der Waals surface area (Å²) in [7, 11) is 0. The van der Waals surface area contributed by atoms with Gasteiger partial charge in [0.15, 0.2) is 5.01 Å². The molecule has 0 atom stereocenters. The number of amides is 1. The molecule has 6 nitrogen and oxygen atoms in total. The lowest BCUT2D eigenvalue weighted by molar-refractivity contribution is 0.102. The minimum absolute atomic E-state index is 0.185. The summed E-state index contributed by atoms with van der Waals surface area (Å²) in [5.41, 5.74) is 4.59. The van der Waals surface area contributed by atoms with Crippen molar-refractivity contribution in [3.8, 4) is 16.1 Å². The van der Waals surface area contributed by atoms with E-state index in [2.05, 4.69) is 52.2 Å². The lowest BCUT2D eigenvalue weighted by Gasteiger charge is -2.15. The summed E-state index contributed by atoms with van der Waals surface area (Å²) >= 11 is 1.25. The standard InChI is InChI=1S/C27H27F2N5OS/c1-3-33(4-2)14-18-15-34(16-30-18)19-12-11-17-7-5-10-23-25(20(17)13-19)36-27(31-23)26(35)32-24-21(28)8-6-9-22(24)29/h6,8-9,11-13,15-16H,3-5,7,10,14H2,1-2H3,(H,32,35). The van der Waals surface area contributed by atoms with Crippen molar-refractivity contribution in [3.63, 3.8) is 0 Å². The van der Waals surface area contributed by atoms with E-state index in [9.17, 15) is 13.6 Å². The number of rotatable bonds is 7. The molecule has 0 fully saturated rings. The molecule has 9 heteroatoms. The minimum atomic E-state index is -0.822. The number of aryl methyl sites for hydroxylation is 2. The first-order valence-electron chi connectivity index (χ1n) is 12.1. The van der Waals surface area contributed by atoms with Gasteiger partial charge in [-0.2, -0.15) is 0 Å². The number of anilines is 1. The Morgan fingerprint density at radius 2 is 1.92 bits per heavy atom. The predicted molar refractivity (Wildman–Crippen MR) is 138 cm³/mol. The number of imidazole rings is 1. The van der Waals surface area contributed by atoms with Gasteiger partial charge in [0.05, 0.1) is 22.6 Å². The number of carbonyl (C=O) groups excluding carboxylic acids is 1. The van der Waals surface area contributed by atoms with Crippen molar-refractivity contribution in [2.24, 2.45) is 0 Å². The Labute approximate surface area is 212 Å². The monoisotopic (exact) mass is 507 g/mol. The van der Waals surface area contributed by atoms with Crippen molar-refractivity contribution in [1.82, 2.24) is 19.4 Å². The summed E-state index contributed by atoms with van der Waals surface area (Å²) in [6, 6.07) is 9.79. The van der Waals surface area contributed by atoms with E-state index in [0.29, 0.717) is 0 Å². The summed E-state index contributed by atoms with van der Waals surface area (Å²) in [6.45, 7) is 7.01. The highest BCUT2D eigenvalue weighted by atomic mass is 32.1. The molecule has 0 aliphatic heterocycles. The van der Waals surface area contributed by atoms with Crippen LogP contribution in [-0.2, 0) is 19.4 Å². The van der Waals surface area contributed by atoms with Gasteiger partial charge in [-0.15, -0.1) is 11.3 Å². The average Bonchev–Trinajstić information content (AvgIpc) is 3.49. The van der Waals surface area contributed by atoms with Crippen molar-refractivity contribution < 1.29 is 13.6 Å². The fourth-order valence-electron chi connectivity index (χ4n) is 4.48. The number of nitrogens with one attached hydrogen (secondary N) is 1. The molecule has 0 radical (unpaired) electrons. The van der Waals surface area contributed by atoms with E-state index >= 15 is 0 Å². The second-order valence-electron chi connectivity index (χ2n) is 8.77. The molecule has 2 aromatic carbocycles. The summed E-state index contributed by atoms with van der Waals surface area (Å²) in [5.74, 6) is -2.26. The summed E-state index contributed by atoms with van der Waals surface area (Å²) < 4.78 is 30.1. The number of carbonyl (C=O) groups is 1. The van der Waals surface area contributed by atoms with Crippen molar-refractivity contribution in [1.29, 1.82) is 0 Å². The lowest BCUT2D eigenvalue weighted by atomic mass is 10.0. The zero-order chi connectivity index (χ0) is 25.2. The van der Waals surface area contributed by atoms with E-state index in [1.165, 1.54) is 23.0 Å². The van der Waals surface area contributed by atoms with Crippen LogP contribution in [0.1, 0.15) is 47.0 Å². The molecule has 1 aliphatic carbocycles. The molecule has 0 unspecified atom stereocenters. The number of hydrogen-bond acceptors (Lipinski definition) is 5. The van der Waals surface area contributed by atoms with Gasteiger partial charge in [-0.3, -0.25) is 9.69 Å². The molecule has 186 valence electrons. The van der Waals surface area contributed by atoms with Gasteiger partial charge in [0.1, 0.15) is 17.3 Å². The lowest BCUT2D eigenvalue weighted by Crippen LogP contribution is -2.22. The molecule has 36 heavy (non-hydrogen) atoms. The molecule has 0 saturated heterocycles. The maximum absolute atomic E-state index is 14.0. The van der Waals surface area contributed by atoms with E-state index in [4.69, 9.17) is 0 Å². The third-order valence-corrected chi connectivity index (χ3v) is 7.63. The van der Waals surface area contributed by atoms with Crippen LogP contribution in [0.4, 0.5) is 14.5 Å². The van der Waals surface area contributed by atoms with Crippen molar-refractivity contribution in [3.05, 3.63) is 82.5 Å². The minimum Gasteiger partial charge on any atom is -0.315 e. The molecule has 0 spiro atoms. The van der Waals surface area contributed by atoms with Crippen LogP contribution in [-0.4, -0.2) is 38.4 Å². The van der Waals surface area contributed by atoms with Gasteiger partial charge in [0.2, 0.25) is 0 Å². The largest absolute Gasteiger partial charge is 0.315 e. The van der Waals surface area contributed by atoms with Gasteiger partial charge in [-0.25, -0.2) is 18.7 Å². The number of thiazole rings is 1. The van der Waals surface area contributed by atoms with E-state index in [-0.39, 0.29) is 5.01 Å². The fourth-order valence-corrected chi connectivity index (χ4v) is 5.53. The predicted octanol–water partition coefficient (Wildman–Crippen LogP) is 5.86. The molecule has 2 aromatic heterocycles. The van der Waals surface area contributed by atoms with Crippen molar-refractivity contribution in [2.45, 2.75) is 39.7 Å². The Balaban J connectivity index is 1.45. The van der Waals surface area contributed by atoms with E-state index in [1.807, 2.05) is 17.1 Å². The molecular weight excluding hydrogens is 480 g/mol. The number of aromatic nitrogens is 3. The highest BCUT2D eigenvalue weighted by Crippen LogP contribution is 2.38. The van der Waals surface area contributed by atoms with Gasteiger partial charge in [0.25, 0.3) is 5.91 Å². The van der Waals surface area contributed by atoms with Gasteiger partial charge >= 0.3 is 0 Å². The van der Waals surface area contributed by atoms with E-state index < -0.39 is 23.2 Å². The SMILES string of the molecule is CCN(CC)Cc1cn(-c2ccc3c(c2)-c2sc(C(=O)Nc4c(F)cccc4F)nc2CCC3)cn1. The molecule has 0 saturated carbocycles. The topological polar surface area (TPSA) is 63.1 Å². The van der Waals surface area contributed by atoms with E-state index in [1.54, 1.807) is 0 Å². The molecule has 5 rings (SSSR count). The number of para-hydroxylation sites is 1. The number of halogens is 2. The fraction of sp³-hybridized carbons (Fsp3) is 0.296. The van der Waals surface area contributed by atoms with Crippen molar-refractivity contribution in [2.75, 3.05) is 18.4 Å². The number of benzene rings is 2. The van der Waals surface area contributed by atoms with Crippen LogP contribution in [0.2, 0.25) is 0 Å². The van der Waals surface area contributed by atoms with Crippen LogP contribution < -0.4 is 5.32 Å². The smallest absolute Gasteiger partial charge is 0.284 e. The Hall–Kier alpha value is -3.43. The molecule has 4 aromatic rings. The molecule has 2 heterocycles. The third kappa shape index (κ3) is 4.81. The Kier molecular flexibility index (Phi) is 6.93. The highest BCUT2D eigenvalue weighted by molar-refractivity contribution is 7.17. The maximum Gasteiger partial charge on any atom is 0.284 e. The number of hydrogen-bond donors (Lipinski definition) is 1. The summed E-state index contributed by atoms with van der Waals surface area (Å²) in [6.07, 6.45) is 6.43. The van der Waals surface area contributed by atoms with Gasteiger partial charge in [0, 0.05) is 18.4 Å². The third-order valence-electron chi connectivity index (χ3n) is 6.50. The van der Waals surface area contributed by atoms with Crippen LogP contribution in [0.15, 0.2) is 48.9 Å². The Bertz CT molecular complexity index is 1390. The maximum atomic E-state index is 14.0. The zero-order valence-corrected chi connectivity index (χ0v) is 21.0. The summed E-state index contributed by atoms with van der Waals surface area (Å²) in [4.78, 5) is 25.2. The molecule has 1 amide bonds. The van der Waals surface area contributed by atoms with Crippen LogP contribution in [0.25, 0.3) is 16.1 Å². The van der Waals surface area contributed by atoms with Crippen LogP contribution in [0.5, 0.6) is 0 Å².